The molecule has 1 saturated heterocycles. The van der Waals surface area contributed by atoms with E-state index in [2.05, 4.69) is 21.2 Å². The van der Waals surface area contributed by atoms with Gasteiger partial charge in [0.25, 0.3) is 0 Å². The number of nitrogens with one attached hydrogen (secondary N) is 1. The first-order chi connectivity index (χ1) is 9.71. The summed E-state index contributed by atoms with van der Waals surface area (Å²) >= 11 is 3.55. The molecule has 1 fully saturated rings. The topological polar surface area (TPSA) is 39.7 Å². The second-order valence-corrected chi connectivity index (χ2v) is 5.86. The van der Waals surface area contributed by atoms with E-state index in [-0.39, 0.29) is 0 Å². The third kappa shape index (κ3) is 3.20. The van der Waals surface area contributed by atoms with Crippen LogP contribution in [0.1, 0.15) is 18.4 Å². The highest BCUT2D eigenvalue weighted by Crippen LogP contribution is 2.44. The minimum absolute atomic E-state index is 0.651. The predicted octanol–water partition coefficient (Wildman–Crippen LogP) is 3.02. The average Bonchev–Trinajstić information content (AvgIpc) is 2.48. The van der Waals surface area contributed by atoms with Crippen LogP contribution in [-0.4, -0.2) is 34.4 Å². The van der Waals surface area contributed by atoms with Gasteiger partial charge in [0, 0.05) is 11.6 Å². The zero-order valence-corrected chi connectivity index (χ0v) is 13.9. The number of methoxy groups -OCH3 is 3. The van der Waals surface area contributed by atoms with Crippen molar-refractivity contribution in [1.82, 2.24) is 5.32 Å². The van der Waals surface area contributed by atoms with Gasteiger partial charge < -0.3 is 19.5 Å². The number of hydrogen-bond donors (Lipinski definition) is 1. The van der Waals surface area contributed by atoms with Crippen LogP contribution in [0.5, 0.6) is 17.2 Å². The maximum atomic E-state index is 5.56. The first kappa shape index (κ1) is 15.4. The molecule has 0 aliphatic carbocycles. The van der Waals surface area contributed by atoms with E-state index in [0.29, 0.717) is 5.92 Å². The van der Waals surface area contributed by atoms with Crippen molar-refractivity contribution >= 4 is 15.9 Å². The fourth-order valence-electron chi connectivity index (χ4n) is 2.80. The van der Waals surface area contributed by atoms with Crippen LogP contribution in [-0.2, 0) is 6.42 Å². The molecule has 0 radical (unpaired) electrons. The second-order valence-electron chi connectivity index (χ2n) is 5.00. The largest absolute Gasteiger partial charge is 0.495 e. The Kier molecular flexibility index (Phi) is 5.54. The van der Waals surface area contributed by atoms with Gasteiger partial charge in [-0.05, 0) is 54.2 Å². The normalized spacial score (nSPS) is 16.0. The second kappa shape index (κ2) is 7.18. The zero-order valence-electron chi connectivity index (χ0n) is 12.3. The molecule has 2 rings (SSSR count). The fourth-order valence-corrected chi connectivity index (χ4v) is 3.41. The Morgan fingerprint density at radius 1 is 1.10 bits per heavy atom. The monoisotopic (exact) mass is 343 g/mol. The predicted molar refractivity (Wildman–Crippen MR) is 83.1 cm³/mol. The molecular weight excluding hydrogens is 322 g/mol. The van der Waals surface area contributed by atoms with Crippen LogP contribution in [0.2, 0.25) is 0 Å². The van der Waals surface area contributed by atoms with E-state index in [4.69, 9.17) is 14.2 Å². The van der Waals surface area contributed by atoms with Crippen molar-refractivity contribution in [3.05, 3.63) is 16.1 Å². The van der Waals surface area contributed by atoms with Gasteiger partial charge in [-0.1, -0.05) is 0 Å². The summed E-state index contributed by atoms with van der Waals surface area (Å²) in [6, 6.07) is 1.89. The van der Waals surface area contributed by atoms with Gasteiger partial charge in [-0.25, -0.2) is 0 Å². The fraction of sp³-hybridized carbons (Fsp3) is 0.600. The van der Waals surface area contributed by atoms with Crippen molar-refractivity contribution in [1.29, 1.82) is 0 Å². The summed E-state index contributed by atoms with van der Waals surface area (Å²) < 4.78 is 17.5. The summed E-state index contributed by atoms with van der Waals surface area (Å²) in [5.41, 5.74) is 1.09. The molecule has 1 N–H and O–H groups in total. The van der Waals surface area contributed by atoms with Crippen LogP contribution in [0.4, 0.5) is 0 Å². The molecular formula is C15H22BrNO3. The Bertz CT molecular complexity index is 459. The molecule has 0 bridgehead atoms. The molecule has 0 unspecified atom stereocenters. The summed E-state index contributed by atoms with van der Waals surface area (Å²) in [7, 11) is 5.03. The Morgan fingerprint density at radius 2 is 1.75 bits per heavy atom. The lowest BCUT2D eigenvalue weighted by Gasteiger charge is -2.25. The quantitative estimate of drug-likeness (QED) is 0.891. The lowest BCUT2D eigenvalue weighted by molar-refractivity contribution is 0.327. The van der Waals surface area contributed by atoms with E-state index < -0.39 is 0 Å². The molecule has 4 nitrogen and oxygen atoms in total. The molecule has 0 amide bonds. The summed E-state index contributed by atoms with van der Waals surface area (Å²) in [5.74, 6) is 3.02. The maximum Gasteiger partial charge on any atom is 0.167 e. The first-order valence-corrected chi connectivity index (χ1v) is 7.68. The van der Waals surface area contributed by atoms with Gasteiger partial charge >= 0.3 is 0 Å². The van der Waals surface area contributed by atoms with Gasteiger partial charge in [0.05, 0.1) is 25.8 Å². The van der Waals surface area contributed by atoms with Crippen LogP contribution in [0, 0.1) is 5.92 Å². The third-order valence-electron chi connectivity index (χ3n) is 3.83. The molecule has 1 heterocycles. The average molecular weight is 344 g/mol. The molecule has 0 aromatic heterocycles. The van der Waals surface area contributed by atoms with E-state index in [1.165, 1.54) is 12.8 Å². The highest BCUT2D eigenvalue weighted by atomic mass is 79.9. The lowest BCUT2D eigenvalue weighted by Crippen LogP contribution is -2.28. The van der Waals surface area contributed by atoms with Crippen molar-refractivity contribution < 1.29 is 14.2 Å². The van der Waals surface area contributed by atoms with E-state index in [0.717, 1.165) is 46.8 Å². The van der Waals surface area contributed by atoms with Gasteiger partial charge in [0.2, 0.25) is 0 Å². The molecule has 0 spiro atoms. The smallest absolute Gasteiger partial charge is 0.167 e. The number of rotatable bonds is 5. The van der Waals surface area contributed by atoms with Crippen molar-refractivity contribution in [2.45, 2.75) is 19.3 Å². The molecule has 1 aliphatic heterocycles. The Hall–Kier alpha value is -0.940. The van der Waals surface area contributed by atoms with E-state index in [9.17, 15) is 0 Å². The van der Waals surface area contributed by atoms with Crippen LogP contribution in [0.15, 0.2) is 10.5 Å². The lowest BCUT2D eigenvalue weighted by atomic mass is 9.90. The van der Waals surface area contributed by atoms with Gasteiger partial charge in [-0.3, -0.25) is 0 Å². The highest BCUT2D eigenvalue weighted by molar-refractivity contribution is 9.10. The van der Waals surface area contributed by atoms with Gasteiger partial charge in [0.15, 0.2) is 11.5 Å². The van der Waals surface area contributed by atoms with E-state index in [1.807, 2.05) is 6.07 Å². The molecule has 1 aromatic rings. The summed E-state index contributed by atoms with van der Waals surface area (Å²) in [4.78, 5) is 0. The minimum atomic E-state index is 0.651. The number of hydrogen-bond acceptors (Lipinski definition) is 4. The molecule has 0 atom stereocenters. The summed E-state index contributed by atoms with van der Waals surface area (Å²) in [5, 5.41) is 3.40. The van der Waals surface area contributed by atoms with Gasteiger partial charge in [-0.15, -0.1) is 0 Å². The van der Waals surface area contributed by atoms with Crippen LogP contribution in [0.25, 0.3) is 0 Å². The molecule has 1 aliphatic rings. The number of ether oxygens (including phenoxy) is 3. The third-order valence-corrected chi connectivity index (χ3v) is 4.42. The highest BCUT2D eigenvalue weighted by Gasteiger charge is 2.23. The van der Waals surface area contributed by atoms with Gasteiger partial charge in [-0.2, -0.15) is 0 Å². The SMILES string of the molecule is COc1cc(Br)c(OC)c(CC2CCNCC2)c1OC. The van der Waals surface area contributed by atoms with Crippen LogP contribution in [0.3, 0.4) is 0 Å². The Balaban J connectivity index is 2.38. The molecule has 0 saturated carbocycles. The van der Waals surface area contributed by atoms with Gasteiger partial charge in [0.1, 0.15) is 5.75 Å². The molecule has 112 valence electrons. The standard InChI is InChI=1S/C15H22BrNO3/c1-18-13-9-12(16)14(19-2)11(15(13)20-3)8-10-4-6-17-7-5-10/h9-10,17H,4-8H2,1-3H3. The number of benzene rings is 1. The first-order valence-electron chi connectivity index (χ1n) is 6.89. The number of halogens is 1. The molecule has 20 heavy (non-hydrogen) atoms. The van der Waals surface area contributed by atoms with Crippen LogP contribution < -0.4 is 19.5 Å². The van der Waals surface area contributed by atoms with Crippen molar-refractivity contribution in [3.8, 4) is 17.2 Å². The van der Waals surface area contributed by atoms with E-state index >= 15 is 0 Å². The summed E-state index contributed by atoms with van der Waals surface area (Å²) in [6.45, 7) is 2.17. The van der Waals surface area contributed by atoms with Crippen molar-refractivity contribution in [2.75, 3.05) is 34.4 Å². The van der Waals surface area contributed by atoms with Crippen molar-refractivity contribution in [3.63, 3.8) is 0 Å². The zero-order chi connectivity index (χ0) is 14.5. The van der Waals surface area contributed by atoms with Crippen molar-refractivity contribution in [2.24, 2.45) is 5.92 Å². The minimum Gasteiger partial charge on any atom is -0.495 e. The van der Waals surface area contributed by atoms with E-state index in [1.54, 1.807) is 21.3 Å². The molecule has 1 aromatic carbocycles. The Labute approximate surface area is 128 Å². The Morgan fingerprint density at radius 3 is 2.30 bits per heavy atom. The number of piperidine rings is 1. The van der Waals surface area contributed by atoms with Crippen LogP contribution >= 0.6 is 15.9 Å². The molecule has 5 heteroatoms. The maximum absolute atomic E-state index is 5.56. The summed E-state index contributed by atoms with van der Waals surface area (Å²) in [6.07, 6.45) is 3.31.